The minimum absolute atomic E-state index is 0.570. The second-order valence-corrected chi connectivity index (χ2v) is 3.77. The van der Waals surface area contributed by atoms with Crippen LogP contribution in [0.2, 0.25) is 0 Å². The van der Waals surface area contributed by atoms with Crippen LogP contribution in [0.25, 0.3) is 11.0 Å². The van der Waals surface area contributed by atoms with Gasteiger partial charge in [0.2, 0.25) is 0 Å². The van der Waals surface area contributed by atoms with Crippen molar-refractivity contribution in [3.05, 3.63) is 15.7 Å². The second kappa shape index (κ2) is 2.70. The summed E-state index contributed by atoms with van der Waals surface area (Å²) in [6, 6.07) is 0. The Labute approximate surface area is 83.7 Å². The molecule has 0 aliphatic carbocycles. The number of rotatable bonds is 0. The second-order valence-electron chi connectivity index (χ2n) is 2.97. The molecule has 0 unspecified atom stereocenters. The number of nitrogen functional groups attached to an aromatic ring is 1. The van der Waals surface area contributed by atoms with Crippen LogP contribution < -0.4 is 5.73 Å². The van der Waals surface area contributed by atoms with Crippen LogP contribution in [-0.4, -0.2) is 15.2 Å². The lowest BCUT2D eigenvalue weighted by molar-refractivity contribution is 1.09. The molecule has 0 aliphatic rings. The van der Waals surface area contributed by atoms with E-state index in [1.54, 1.807) is 0 Å². The zero-order chi connectivity index (χ0) is 9.59. The van der Waals surface area contributed by atoms with E-state index in [-0.39, 0.29) is 0 Å². The molecule has 5 heteroatoms. The molecular weight excluding hydrogens is 232 g/mol. The number of aryl methyl sites for hydroxylation is 2. The van der Waals surface area contributed by atoms with Gasteiger partial charge in [-0.1, -0.05) is 0 Å². The monoisotopic (exact) mass is 240 g/mol. The van der Waals surface area contributed by atoms with Crippen LogP contribution in [0.4, 0.5) is 5.82 Å². The van der Waals surface area contributed by atoms with E-state index in [2.05, 4.69) is 31.1 Å². The number of pyridine rings is 1. The third kappa shape index (κ3) is 1.11. The van der Waals surface area contributed by atoms with E-state index in [0.717, 1.165) is 21.1 Å². The minimum atomic E-state index is 0.570. The Hall–Kier alpha value is -1.10. The highest BCUT2D eigenvalue weighted by molar-refractivity contribution is 9.10. The number of halogens is 1. The van der Waals surface area contributed by atoms with Crippen molar-refractivity contribution in [2.45, 2.75) is 13.8 Å². The lowest BCUT2D eigenvalue weighted by atomic mass is 10.2. The SMILES string of the molecule is Cc1nc2n[nH]c(N)c2c(C)c1Br. The molecule has 0 atom stereocenters. The molecule has 0 saturated heterocycles. The van der Waals surface area contributed by atoms with Gasteiger partial charge in [-0.25, -0.2) is 4.98 Å². The average Bonchev–Trinajstić information content (AvgIpc) is 2.43. The summed E-state index contributed by atoms with van der Waals surface area (Å²) < 4.78 is 0.994. The van der Waals surface area contributed by atoms with Gasteiger partial charge in [-0.3, -0.25) is 5.10 Å². The minimum Gasteiger partial charge on any atom is -0.384 e. The van der Waals surface area contributed by atoms with E-state index in [9.17, 15) is 0 Å². The smallest absolute Gasteiger partial charge is 0.183 e. The van der Waals surface area contributed by atoms with Crippen molar-refractivity contribution in [1.29, 1.82) is 0 Å². The van der Waals surface area contributed by atoms with Crippen LogP contribution in [-0.2, 0) is 0 Å². The van der Waals surface area contributed by atoms with Gasteiger partial charge in [0.25, 0.3) is 0 Å². The first kappa shape index (κ1) is 8.50. The van der Waals surface area contributed by atoms with Crippen molar-refractivity contribution in [1.82, 2.24) is 15.2 Å². The van der Waals surface area contributed by atoms with Gasteiger partial charge in [-0.15, -0.1) is 0 Å². The van der Waals surface area contributed by atoms with E-state index < -0.39 is 0 Å². The third-order valence-corrected chi connectivity index (χ3v) is 3.24. The molecule has 0 amide bonds. The van der Waals surface area contributed by atoms with Crippen molar-refractivity contribution in [2.75, 3.05) is 5.73 Å². The number of aromatic amines is 1. The maximum Gasteiger partial charge on any atom is 0.183 e. The lowest BCUT2D eigenvalue weighted by Crippen LogP contribution is -1.91. The zero-order valence-electron chi connectivity index (χ0n) is 7.35. The highest BCUT2D eigenvalue weighted by Gasteiger charge is 2.11. The highest BCUT2D eigenvalue weighted by Crippen LogP contribution is 2.28. The fourth-order valence-corrected chi connectivity index (χ4v) is 1.67. The number of hydrogen-bond acceptors (Lipinski definition) is 3. The summed E-state index contributed by atoms with van der Waals surface area (Å²) in [6.07, 6.45) is 0. The molecular formula is C8H9BrN4. The van der Waals surface area contributed by atoms with Gasteiger partial charge >= 0.3 is 0 Å². The van der Waals surface area contributed by atoms with Crippen LogP contribution in [0.1, 0.15) is 11.3 Å². The largest absolute Gasteiger partial charge is 0.384 e. The molecule has 2 aromatic heterocycles. The van der Waals surface area contributed by atoms with Crippen LogP contribution in [0.5, 0.6) is 0 Å². The Morgan fingerprint density at radius 1 is 1.38 bits per heavy atom. The van der Waals surface area contributed by atoms with E-state index in [0.29, 0.717) is 11.5 Å². The first-order valence-corrected chi connectivity index (χ1v) is 4.67. The molecule has 0 saturated carbocycles. The van der Waals surface area contributed by atoms with Crippen LogP contribution in [0.15, 0.2) is 4.47 Å². The first-order chi connectivity index (χ1) is 6.11. The molecule has 0 bridgehead atoms. The standard InChI is InChI=1S/C8H9BrN4/c1-3-5-7(10)12-13-8(5)11-4(2)6(3)9/h1-2H3,(H3,10,11,12,13). The molecule has 13 heavy (non-hydrogen) atoms. The summed E-state index contributed by atoms with van der Waals surface area (Å²) in [5.74, 6) is 0.570. The molecule has 0 aromatic carbocycles. The van der Waals surface area contributed by atoms with Crippen LogP contribution >= 0.6 is 15.9 Å². The molecule has 0 spiro atoms. The van der Waals surface area contributed by atoms with E-state index >= 15 is 0 Å². The Kier molecular flexibility index (Phi) is 1.76. The molecule has 68 valence electrons. The molecule has 0 radical (unpaired) electrons. The molecule has 3 N–H and O–H groups in total. The van der Waals surface area contributed by atoms with Gasteiger partial charge < -0.3 is 5.73 Å². The molecule has 0 aliphatic heterocycles. The number of H-pyrrole nitrogens is 1. The van der Waals surface area contributed by atoms with Gasteiger partial charge in [0.15, 0.2) is 5.65 Å². The molecule has 0 fully saturated rings. The quantitative estimate of drug-likeness (QED) is 0.740. The number of nitrogens with zero attached hydrogens (tertiary/aromatic N) is 2. The van der Waals surface area contributed by atoms with E-state index in [1.807, 2.05) is 13.8 Å². The molecule has 2 heterocycles. The Morgan fingerprint density at radius 2 is 2.08 bits per heavy atom. The van der Waals surface area contributed by atoms with Gasteiger partial charge in [0.05, 0.1) is 11.1 Å². The number of nitrogens with two attached hydrogens (primary N) is 1. The van der Waals surface area contributed by atoms with Crippen LogP contribution in [0.3, 0.4) is 0 Å². The van der Waals surface area contributed by atoms with Crippen LogP contribution in [0, 0.1) is 13.8 Å². The van der Waals surface area contributed by atoms with Gasteiger partial charge in [-0.2, -0.15) is 5.10 Å². The molecule has 4 nitrogen and oxygen atoms in total. The third-order valence-electron chi connectivity index (χ3n) is 2.07. The number of aromatic nitrogens is 3. The summed E-state index contributed by atoms with van der Waals surface area (Å²) in [7, 11) is 0. The van der Waals surface area contributed by atoms with Gasteiger partial charge in [0.1, 0.15) is 5.82 Å². The predicted molar refractivity (Wildman–Crippen MR) is 55.5 cm³/mol. The molecule has 2 rings (SSSR count). The summed E-state index contributed by atoms with van der Waals surface area (Å²) in [4.78, 5) is 4.29. The Balaban J connectivity index is 2.97. The lowest BCUT2D eigenvalue weighted by Gasteiger charge is -2.02. The van der Waals surface area contributed by atoms with Crippen molar-refractivity contribution >= 4 is 32.8 Å². The summed E-state index contributed by atoms with van der Waals surface area (Å²) in [6.45, 7) is 3.92. The van der Waals surface area contributed by atoms with E-state index in [4.69, 9.17) is 5.73 Å². The average molecular weight is 241 g/mol. The topological polar surface area (TPSA) is 67.6 Å². The Morgan fingerprint density at radius 3 is 2.77 bits per heavy atom. The summed E-state index contributed by atoms with van der Waals surface area (Å²) in [5.41, 5.74) is 8.40. The summed E-state index contributed by atoms with van der Waals surface area (Å²) >= 11 is 3.46. The maximum atomic E-state index is 5.72. The van der Waals surface area contributed by atoms with Crippen molar-refractivity contribution in [3.63, 3.8) is 0 Å². The summed E-state index contributed by atoms with van der Waals surface area (Å²) in [5, 5.41) is 7.62. The van der Waals surface area contributed by atoms with Crippen molar-refractivity contribution in [3.8, 4) is 0 Å². The molecule has 2 aromatic rings. The first-order valence-electron chi connectivity index (χ1n) is 3.87. The zero-order valence-corrected chi connectivity index (χ0v) is 8.94. The van der Waals surface area contributed by atoms with Gasteiger partial charge in [0, 0.05) is 4.47 Å². The van der Waals surface area contributed by atoms with E-state index in [1.165, 1.54) is 0 Å². The normalized spacial score (nSPS) is 11.0. The fourth-order valence-electron chi connectivity index (χ4n) is 1.39. The maximum absolute atomic E-state index is 5.72. The Bertz CT molecular complexity index is 474. The van der Waals surface area contributed by atoms with Gasteiger partial charge in [-0.05, 0) is 35.3 Å². The number of anilines is 1. The predicted octanol–water partition coefficient (Wildman–Crippen LogP) is 1.92. The number of hydrogen-bond donors (Lipinski definition) is 2. The van der Waals surface area contributed by atoms with Crippen molar-refractivity contribution < 1.29 is 0 Å². The van der Waals surface area contributed by atoms with Crippen molar-refractivity contribution in [2.24, 2.45) is 0 Å². The highest BCUT2D eigenvalue weighted by atomic mass is 79.9. The number of fused-ring (bicyclic) bond motifs is 1. The fraction of sp³-hybridized carbons (Fsp3) is 0.250. The number of nitrogens with one attached hydrogen (secondary N) is 1.